The summed E-state index contributed by atoms with van der Waals surface area (Å²) in [6.07, 6.45) is -0.0177. The number of amides is 9. The van der Waals surface area contributed by atoms with Crippen LogP contribution in [-0.4, -0.2) is 148 Å². The molecule has 0 radical (unpaired) electrons. The van der Waals surface area contributed by atoms with E-state index in [4.69, 9.17) is 22.9 Å². The van der Waals surface area contributed by atoms with Crippen LogP contribution < -0.4 is 65.5 Å². The fraction of sp³-hybridized carbons (Fsp3) is 0.578. The lowest BCUT2D eigenvalue weighted by Gasteiger charge is -2.31. The van der Waals surface area contributed by atoms with Gasteiger partial charge in [0, 0.05) is 30.1 Å². The molecule has 0 spiro atoms. The number of primary amides is 2. The fourth-order valence-electron chi connectivity index (χ4n) is 7.68. The molecule has 1 aliphatic rings. The van der Waals surface area contributed by atoms with E-state index < -0.39 is 138 Å². The molecule has 1 aromatic heterocycles. The lowest BCUT2D eigenvalue weighted by atomic mass is 9.96. The van der Waals surface area contributed by atoms with Gasteiger partial charge in [-0.3, -0.25) is 48.1 Å². The Morgan fingerprint density at radius 3 is 1.80 bits per heavy atom. The van der Waals surface area contributed by atoms with Crippen LogP contribution in [0.4, 0.5) is 0 Å². The van der Waals surface area contributed by atoms with Crippen LogP contribution in [0.5, 0.6) is 0 Å². The summed E-state index contributed by atoms with van der Waals surface area (Å²) < 4.78 is 0. The maximum atomic E-state index is 14.3. The van der Waals surface area contributed by atoms with Crippen molar-refractivity contribution in [1.29, 1.82) is 0 Å². The molecule has 26 nitrogen and oxygen atoms in total. The number of aliphatic imine (C=N–C) groups is 1. The smallest absolute Gasteiger partial charge is 0.326 e. The summed E-state index contributed by atoms with van der Waals surface area (Å²) in [7, 11) is 0. The van der Waals surface area contributed by atoms with E-state index in [1.165, 1.54) is 6.92 Å². The lowest BCUT2D eigenvalue weighted by Crippen LogP contribution is -2.63. The Bertz CT molecular complexity index is 2260. The third-order valence-electron chi connectivity index (χ3n) is 11.8. The van der Waals surface area contributed by atoms with Crippen molar-refractivity contribution in [3.05, 3.63) is 36.0 Å². The highest BCUT2D eigenvalue weighted by molar-refractivity contribution is 5.99. The van der Waals surface area contributed by atoms with E-state index in [1.807, 2.05) is 0 Å². The van der Waals surface area contributed by atoms with Crippen molar-refractivity contribution in [1.82, 2.24) is 47.5 Å². The first-order chi connectivity index (χ1) is 33.4. The van der Waals surface area contributed by atoms with Crippen molar-refractivity contribution in [2.24, 2.45) is 39.8 Å². The van der Waals surface area contributed by atoms with Crippen molar-refractivity contribution in [2.75, 3.05) is 13.1 Å². The number of benzene rings is 1. The van der Waals surface area contributed by atoms with Crippen molar-refractivity contribution in [3.8, 4) is 0 Å². The van der Waals surface area contributed by atoms with E-state index >= 15 is 0 Å². The quantitative estimate of drug-likeness (QED) is 0.0209. The van der Waals surface area contributed by atoms with E-state index in [9.17, 15) is 58.2 Å². The van der Waals surface area contributed by atoms with Gasteiger partial charge in [-0.15, -0.1) is 0 Å². The van der Waals surface area contributed by atoms with Crippen LogP contribution in [-0.2, 0) is 54.4 Å². The van der Waals surface area contributed by atoms with E-state index in [-0.39, 0.29) is 31.8 Å². The second-order valence-electron chi connectivity index (χ2n) is 17.9. The number of aliphatic hydroxyl groups excluding tert-OH is 1. The summed E-state index contributed by atoms with van der Waals surface area (Å²) in [5.41, 5.74) is 22.7. The van der Waals surface area contributed by atoms with Crippen LogP contribution in [0, 0.1) is 11.8 Å². The van der Waals surface area contributed by atoms with Crippen LogP contribution in [0.25, 0.3) is 10.9 Å². The van der Waals surface area contributed by atoms with Gasteiger partial charge in [-0.1, -0.05) is 52.3 Å². The first-order valence-electron chi connectivity index (χ1n) is 23.4. The number of aromatic amines is 1. The highest BCUT2D eigenvalue weighted by Gasteiger charge is 2.38. The number of nitrogens with zero attached hydrogens (tertiary/aromatic N) is 1. The number of carbonyl (C=O) groups is 10. The Labute approximate surface area is 410 Å². The Morgan fingerprint density at radius 2 is 1.24 bits per heavy atom. The number of hydrogen-bond donors (Lipinski definition) is 15. The van der Waals surface area contributed by atoms with Gasteiger partial charge in [-0.25, -0.2) is 4.79 Å². The molecule has 9 amide bonds. The standard InChI is InChI=1S/C45H70N14O12/c1-6-22(4)35(58-40(66)31(19-33(47)62)54-37(63)27-13-9-15-50-27)42(68)59-36(23(5)60)43(69)57-34(21(2)3)41(67)56-29(17-24-20-52-26-12-8-7-11-25(24)26)38(64)55-30(18-32(46)61)39(65)53-28(44(70)71)14-10-16-51-45(48)49/h7-8,11-12,20-23,27-31,34-36,50,52,60H,6,9-10,13-19H2,1-5H3,(H2,46,61)(H2,47,62)(H,53,65)(H,54,63)(H,55,64)(H,56,67)(H,57,69)(H,58,66)(H,59,68)(H,70,71)(H4,48,49,51)/t22-,23+,27-,28-,29-,30-,31-,34-,35-,36-/m0/s1. The molecule has 3 rings (SSSR count). The number of carbonyl (C=O) groups excluding carboxylic acids is 9. The molecule has 0 saturated carbocycles. The number of nitrogens with one attached hydrogen (secondary N) is 9. The molecule has 26 heteroatoms. The normalized spacial score (nSPS) is 17.1. The monoisotopic (exact) mass is 999 g/mol. The predicted octanol–water partition coefficient (Wildman–Crippen LogP) is -4.17. The Hall–Kier alpha value is -7.35. The molecule has 2 aromatic rings. The van der Waals surface area contributed by atoms with Crippen molar-refractivity contribution in [2.45, 2.75) is 140 Å². The number of carboxylic acid groups (broad SMARTS) is 1. The van der Waals surface area contributed by atoms with Gasteiger partial charge in [0.2, 0.25) is 53.2 Å². The zero-order chi connectivity index (χ0) is 53.1. The van der Waals surface area contributed by atoms with Gasteiger partial charge in [-0.2, -0.15) is 0 Å². The number of aromatic nitrogens is 1. The van der Waals surface area contributed by atoms with Gasteiger partial charge in [0.25, 0.3) is 0 Å². The first-order valence-corrected chi connectivity index (χ1v) is 23.4. The summed E-state index contributed by atoms with van der Waals surface area (Å²) in [6, 6.07) is -4.28. The average molecular weight is 999 g/mol. The molecular formula is C45H70N14O12. The number of hydrogen-bond acceptors (Lipinski definition) is 13. The maximum Gasteiger partial charge on any atom is 0.326 e. The molecule has 2 heterocycles. The molecule has 19 N–H and O–H groups in total. The number of aliphatic carboxylic acids is 1. The molecule has 0 unspecified atom stereocenters. The summed E-state index contributed by atoms with van der Waals surface area (Å²) in [6.45, 7) is 8.32. The van der Waals surface area contributed by atoms with Gasteiger partial charge < -0.3 is 80.7 Å². The van der Waals surface area contributed by atoms with Gasteiger partial charge in [0.1, 0.15) is 42.3 Å². The van der Waals surface area contributed by atoms with Crippen LogP contribution in [0.2, 0.25) is 0 Å². The highest BCUT2D eigenvalue weighted by atomic mass is 16.4. The largest absolute Gasteiger partial charge is 0.480 e. The molecule has 1 aliphatic heterocycles. The van der Waals surface area contributed by atoms with Crippen LogP contribution >= 0.6 is 0 Å². The van der Waals surface area contributed by atoms with Crippen LogP contribution in [0.3, 0.4) is 0 Å². The summed E-state index contributed by atoms with van der Waals surface area (Å²) >= 11 is 0. The van der Waals surface area contributed by atoms with Gasteiger partial charge in [-0.05, 0) is 62.6 Å². The van der Waals surface area contributed by atoms with E-state index in [0.717, 1.165) is 6.42 Å². The first kappa shape index (κ1) is 58.0. The molecule has 71 heavy (non-hydrogen) atoms. The van der Waals surface area contributed by atoms with Crippen LogP contribution in [0.15, 0.2) is 35.5 Å². The third-order valence-corrected chi connectivity index (χ3v) is 11.8. The summed E-state index contributed by atoms with van der Waals surface area (Å²) in [5.74, 6) is -11.3. The van der Waals surface area contributed by atoms with E-state index in [1.54, 1.807) is 58.2 Å². The Morgan fingerprint density at radius 1 is 0.704 bits per heavy atom. The van der Waals surface area contributed by atoms with Gasteiger partial charge in [0.05, 0.1) is 25.0 Å². The number of guanidine groups is 1. The maximum absolute atomic E-state index is 14.3. The molecule has 1 saturated heterocycles. The Kier molecular flexibility index (Phi) is 22.6. The molecule has 10 atom stereocenters. The highest BCUT2D eigenvalue weighted by Crippen LogP contribution is 2.20. The number of para-hydroxylation sites is 1. The minimum absolute atomic E-state index is 0.0476. The van der Waals surface area contributed by atoms with E-state index in [2.05, 4.69) is 52.5 Å². The third kappa shape index (κ3) is 18.2. The minimum Gasteiger partial charge on any atom is -0.480 e. The summed E-state index contributed by atoms with van der Waals surface area (Å²) in [5, 5.41) is 41.7. The number of H-pyrrole nitrogens is 1. The second kappa shape index (κ2) is 27.7. The molecule has 0 aliphatic carbocycles. The van der Waals surface area contributed by atoms with Crippen LogP contribution in [0.1, 0.15) is 85.1 Å². The number of fused-ring (bicyclic) bond motifs is 1. The number of carboxylic acids is 1. The van der Waals surface area contributed by atoms with E-state index in [0.29, 0.717) is 35.9 Å². The average Bonchev–Trinajstić information content (AvgIpc) is 3.99. The molecule has 1 fully saturated rings. The lowest BCUT2D eigenvalue weighted by molar-refractivity contribution is -0.142. The summed E-state index contributed by atoms with van der Waals surface area (Å²) in [4.78, 5) is 139. The zero-order valence-electron chi connectivity index (χ0n) is 40.5. The fourth-order valence-corrected chi connectivity index (χ4v) is 7.68. The Balaban J connectivity index is 1.88. The molecule has 1 aromatic carbocycles. The second-order valence-corrected chi connectivity index (χ2v) is 17.9. The topological polar surface area (TPSA) is 440 Å². The SMILES string of the molecule is CC[C@H](C)[C@H](NC(=O)[C@H](CC(N)=O)NC(=O)[C@@H]1CCCN1)C(=O)N[C@H](C(=O)N[C@H](C(=O)N[C@@H](Cc1c[nH]c2ccccc12)C(=O)N[C@@H](CC(N)=O)C(=O)N[C@@H](CCCN=C(N)N)C(=O)O)C(C)C)[C@@H](C)O. The van der Waals surface area contributed by atoms with Crippen molar-refractivity contribution < 1.29 is 58.2 Å². The zero-order valence-corrected chi connectivity index (χ0v) is 40.5. The molecule has 392 valence electrons. The molecule has 0 bridgehead atoms. The number of aliphatic hydroxyl groups is 1. The van der Waals surface area contributed by atoms with Crippen molar-refractivity contribution >= 4 is 76.0 Å². The predicted molar refractivity (Wildman–Crippen MR) is 258 cm³/mol. The van der Waals surface area contributed by atoms with Crippen molar-refractivity contribution in [3.63, 3.8) is 0 Å². The number of rotatable bonds is 29. The molecular weight excluding hydrogens is 929 g/mol. The van der Waals surface area contributed by atoms with Gasteiger partial charge >= 0.3 is 5.97 Å². The number of nitrogens with two attached hydrogens (primary N) is 4. The minimum atomic E-state index is -1.73. The van der Waals surface area contributed by atoms with Gasteiger partial charge in [0.15, 0.2) is 5.96 Å².